The summed E-state index contributed by atoms with van der Waals surface area (Å²) in [5, 5.41) is 6.89. The van der Waals surface area contributed by atoms with E-state index in [1.807, 2.05) is 62.4 Å². The molecule has 0 unspecified atom stereocenters. The summed E-state index contributed by atoms with van der Waals surface area (Å²) in [5.41, 5.74) is 5.89. The molecular weight excluding hydrogens is 356 g/mol. The Kier molecular flexibility index (Phi) is 5.74. The number of benzene rings is 2. The molecule has 0 saturated heterocycles. The molecule has 0 atom stereocenters. The average Bonchev–Trinajstić information content (AvgIpc) is 2.97. The van der Waals surface area contributed by atoms with Gasteiger partial charge in [0.1, 0.15) is 5.75 Å². The van der Waals surface area contributed by atoms with Crippen LogP contribution in [0, 0.1) is 20.8 Å². The standard InChI is InChI=1S/C21H22N4O3/c1-14-9-10-15(2)19(11-14)28-13-20(26)23-22-12-18-16(3)24-25(21(18)27)17-7-5-4-6-8-17/h4-12,24H,13H2,1-3H3,(H,23,26). The van der Waals surface area contributed by atoms with Crippen LogP contribution in [0.1, 0.15) is 22.4 Å². The second-order valence-corrected chi connectivity index (χ2v) is 6.48. The predicted octanol–water partition coefficient (Wildman–Crippen LogP) is 2.62. The highest BCUT2D eigenvalue weighted by atomic mass is 16.5. The highest BCUT2D eigenvalue weighted by Crippen LogP contribution is 2.18. The van der Waals surface area contributed by atoms with Crippen molar-refractivity contribution in [1.82, 2.24) is 15.2 Å². The van der Waals surface area contributed by atoms with Crippen molar-refractivity contribution < 1.29 is 9.53 Å². The number of hydrogen-bond donors (Lipinski definition) is 2. The normalized spacial score (nSPS) is 11.0. The van der Waals surface area contributed by atoms with Crippen molar-refractivity contribution >= 4 is 12.1 Å². The molecule has 0 spiro atoms. The van der Waals surface area contributed by atoms with Gasteiger partial charge in [0.05, 0.1) is 17.5 Å². The van der Waals surface area contributed by atoms with Gasteiger partial charge in [-0.15, -0.1) is 0 Å². The van der Waals surface area contributed by atoms with Crippen molar-refractivity contribution in [2.24, 2.45) is 5.10 Å². The van der Waals surface area contributed by atoms with E-state index in [9.17, 15) is 9.59 Å². The summed E-state index contributed by atoms with van der Waals surface area (Å²) < 4.78 is 6.97. The summed E-state index contributed by atoms with van der Waals surface area (Å²) in [6.07, 6.45) is 1.34. The van der Waals surface area contributed by atoms with Gasteiger partial charge in [-0.2, -0.15) is 5.10 Å². The number of ether oxygens (including phenoxy) is 1. The second-order valence-electron chi connectivity index (χ2n) is 6.48. The lowest BCUT2D eigenvalue weighted by Gasteiger charge is -2.08. The van der Waals surface area contributed by atoms with Gasteiger partial charge in [-0.25, -0.2) is 10.1 Å². The smallest absolute Gasteiger partial charge is 0.280 e. The van der Waals surface area contributed by atoms with Gasteiger partial charge in [0.2, 0.25) is 0 Å². The van der Waals surface area contributed by atoms with E-state index >= 15 is 0 Å². The van der Waals surface area contributed by atoms with Gasteiger partial charge in [0.15, 0.2) is 6.61 Å². The SMILES string of the molecule is Cc1ccc(C)c(OCC(=O)NN=Cc2c(C)[nH]n(-c3ccccc3)c2=O)c1. The van der Waals surface area contributed by atoms with E-state index < -0.39 is 5.91 Å². The van der Waals surface area contributed by atoms with Crippen molar-refractivity contribution in [2.75, 3.05) is 6.61 Å². The molecule has 0 aliphatic heterocycles. The van der Waals surface area contributed by atoms with E-state index in [0.717, 1.165) is 16.8 Å². The molecule has 0 bridgehead atoms. The largest absolute Gasteiger partial charge is 0.483 e. The molecule has 0 fully saturated rings. The van der Waals surface area contributed by atoms with E-state index in [4.69, 9.17) is 4.74 Å². The van der Waals surface area contributed by atoms with Crippen LogP contribution in [0.4, 0.5) is 0 Å². The summed E-state index contributed by atoms with van der Waals surface area (Å²) in [4.78, 5) is 24.5. The van der Waals surface area contributed by atoms with E-state index in [-0.39, 0.29) is 12.2 Å². The Labute approximate surface area is 162 Å². The lowest BCUT2D eigenvalue weighted by Crippen LogP contribution is -2.25. The molecule has 0 aliphatic carbocycles. The van der Waals surface area contributed by atoms with Gasteiger partial charge in [-0.05, 0) is 50.1 Å². The highest BCUT2D eigenvalue weighted by molar-refractivity contribution is 5.83. The lowest BCUT2D eigenvalue weighted by molar-refractivity contribution is -0.123. The molecule has 0 aliphatic rings. The van der Waals surface area contributed by atoms with Crippen LogP contribution < -0.4 is 15.7 Å². The zero-order valence-corrected chi connectivity index (χ0v) is 16.0. The molecule has 1 amide bonds. The van der Waals surface area contributed by atoms with Crippen molar-refractivity contribution in [1.29, 1.82) is 0 Å². The third kappa shape index (κ3) is 4.37. The van der Waals surface area contributed by atoms with E-state index in [1.165, 1.54) is 10.9 Å². The fraction of sp³-hybridized carbons (Fsp3) is 0.190. The van der Waals surface area contributed by atoms with Crippen LogP contribution in [0.25, 0.3) is 5.69 Å². The molecule has 0 radical (unpaired) electrons. The van der Waals surface area contributed by atoms with Crippen LogP contribution in [0.3, 0.4) is 0 Å². The number of hydrogen-bond acceptors (Lipinski definition) is 4. The lowest BCUT2D eigenvalue weighted by atomic mass is 10.1. The predicted molar refractivity (Wildman–Crippen MR) is 108 cm³/mol. The minimum Gasteiger partial charge on any atom is -0.483 e. The molecule has 144 valence electrons. The number of nitrogens with zero attached hydrogens (tertiary/aromatic N) is 2. The molecule has 7 nitrogen and oxygen atoms in total. The molecule has 2 N–H and O–H groups in total. The van der Waals surface area contributed by atoms with Crippen LogP contribution in [0.15, 0.2) is 58.4 Å². The molecule has 1 aromatic heterocycles. The topological polar surface area (TPSA) is 88.5 Å². The zero-order valence-electron chi connectivity index (χ0n) is 16.0. The molecule has 1 heterocycles. The first-order valence-corrected chi connectivity index (χ1v) is 8.84. The third-order valence-electron chi connectivity index (χ3n) is 4.22. The van der Waals surface area contributed by atoms with Crippen LogP contribution >= 0.6 is 0 Å². The minimum absolute atomic E-state index is 0.165. The maximum absolute atomic E-state index is 12.5. The summed E-state index contributed by atoms with van der Waals surface area (Å²) in [6, 6.07) is 15.0. The van der Waals surface area contributed by atoms with Crippen LogP contribution in [0.5, 0.6) is 5.75 Å². The second kappa shape index (κ2) is 8.39. The average molecular weight is 378 g/mol. The number of carbonyl (C=O) groups excluding carboxylic acids is 1. The number of amides is 1. The molecule has 28 heavy (non-hydrogen) atoms. The quantitative estimate of drug-likeness (QED) is 0.510. The number of aromatic amines is 1. The van der Waals surface area contributed by atoms with Gasteiger partial charge in [-0.3, -0.25) is 14.7 Å². The molecule has 0 saturated carbocycles. The summed E-state index contributed by atoms with van der Waals surface area (Å²) in [7, 11) is 0. The molecule has 7 heteroatoms. The summed E-state index contributed by atoms with van der Waals surface area (Å²) in [5.74, 6) is 0.250. The number of nitrogens with one attached hydrogen (secondary N) is 2. The van der Waals surface area contributed by atoms with Gasteiger partial charge in [0.25, 0.3) is 11.5 Å². The Morgan fingerprint density at radius 2 is 1.93 bits per heavy atom. The highest BCUT2D eigenvalue weighted by Gasteiger charge is 2.10. The maximum atomic E-state index is 12.5. The number of H-pyrrole nitrogens is 1. The Morgan fingerprint density at radius 3 is 2.68 bits per heavy atom. The molecule has 2 aromatic carbocycles. The zero-order chi connectivity index (χ0) is 20.1. The van der Waals surface area contributed by atoms with Crippen molar-refractivity contribution in [3.05, 3.63) is 81.3 Å². The van der Waals surface area contributed by atoms with Crippen LogP contribution in [-0.4, -0.2) is 28.5 Å². The Hall–Kier alpha value is -3.61. The van der Waals surface area contributed by atoms with Gasteiger partial charge in [0, 0.05) is 5.69 Å². The fourth-order valence-electron chi connectivity index (χ4n) is 2.68. The van der Waals surface area contributed by atoms with Gasteiger partial charge >= 0.3 is 0 Å². The van der Waals surface area contributed by atoms with E-state index in [2.05, 4.69) is 15.6 Å². The van der Waals surface area contributed by atoms with E-state index in [1.54, 1.807) is 6.92 Å². The fourth-order valence-corrected chi connectivity index (χ4v) is 2.68. The first-order valence-electron chi connectivity index (χ1n) is 8.84. The molecule has 3 aromatic rings. The summed E-state index contributed by atoms with van der Waals surface area (Å²) >= 11 is 0. The van der Waals surface area contributed by atoms with Crippen molar-refractivity contribution in [2.45, 2.75) is 20.8 Å². The number of aryl methyl sites for hydroxylation is 3. The maximum Gasteiger partial charge on any atom is 0.280 e. The Bertz CT molecular complexity index is 1060. The van der Waals surface area contributed by atoms with Crippen molar-refractivity contribution in [3.63, 3.8) is 0 Å². The van der Waals surface area contributed by atoms with E-state index in [0.29, 0.717) is 17.0 Å². The number of aromatic nitrogens is 2. The molecular formula is C21H22N4O3. The molecule has 3 rings (SSSR count). The van der Waals surface area contributed by atoms with Gasteiger partial charge in [-0.1, -0.05) is 30.3 Å². The first kappa shape index (κ1) is 19.2. The van der Waals surface area contributed by atoms with Crippen LogP contribution in [0.2, 0.25) is 0 Å². The first-order chi connectivity index (χ1) is 13.5. The Morgan fingerprint density at radius 1 is 1.18 bits per heavy atom. The van der Waals surface area contributed by atoms with Crippen molar-refractivity contribution in [3.8, 4) is 11.4 Å². The van der Waals surface area contributed by atoms with Gasteiger partial charge < -0.3 is 4.74 Å². The Balaban J connectivity index is 1.63. The number of carbonyl (C=O) groups is 1. The number of para-hydroxylation sites is 1. The number of rotatable bonds is 6. The number of hydrazone groups is 1. The monoisotopic (exact) mass is 378 g/mol. The third-order valence-corrected chi connectivity index (χ3v) is 4.22. The minimum atomic E-state index is -0.409. The van der Waals surface area contributed by atoms with Crippen LogP contribution in [-0.2, 0) is 4.79 Å². The summed E-state index contributed by atoms with van der Waals surface area (Å²) in [6.45, 7) is 5.48.